The van der Waals surface area contributed by atoms with E-state index in [9.17, 15) is 4.79 Å². The minimum absolute atomic E-state index is 0.359. The molecule has 1 aromatic heterocycles. The van der Waals surface area contributed by atoms with E-state index in [4.69, 9.17) is 4.74 Å². The molecule has 4 rings (SSSR count). The van der Waals surface area contributed by atoms with E-state index in [1.807, 2.05) is 6.07 Å². The second-order valence-corrected chi connectivity index (χ2v) is 7.43. The van der Waals surface area contributed by atoms with E-state index in [0.717, 1.165) is 42.8 Å². The lowest BCUT2D eigenvalue weighted by molar-refractivity contribution is 0.0601. The molecule has 0 saturated heterocycles. The van der Waals surface area contributed by atoms with E-state index < -0.39 is 0 Å². The largest absolute Gasteiger partial charge is 0.465 e. The van der Waals surface area contributed by atoms with Crippen molar-refractivity contribution >= 4 is 22.7 Å². The van der Waals surface area contributed by atoms with Crippen LogP contribution in [-0.4, -0.2) is 48.6 Å². The summed E-state index contributed by atoms with van der Waals surface area (Å²) in [5.74, 6) is 0.548. The Labute approximate surface area is 164 Å². The second-order valence-electron chi connectivity index (χ2n) is 7.43. The predicted octanol–water partition coefficient (Wildman–Crippen LogP) is 3.04. The molecule has 2 heterocycles. The Kier molecular flexibility index (Phi) is 4.96. The zero-order valence-electron chi connectivity index (χ0n) is 16.5. The van der Waals surface area contributed by atoms with Crippen LogP contribution in [0.1, 0.15) is 27.0 Å². The molecule has 0 radical (unpaired) electrons. The van der Waals surface area contributed by atoms with E-state index in [2.05, 4.69) is 52.1 Å². The Morgan fingerprint density at radius 3 is 2.79 bits per heavy atom. The number of aromatic nitrogens is 2. The minimum atomic E-state index is -0.359. The lowest BCUT2D eigenvalue weighted by Gasteiger charge is -2.31. The summed E-state index contributed by atoms with van der Waals surface area (Å²) in [7, 11) is 5.56. The number of anilines is 1. The first kappa shape index (κ1) is 18.4. The first-order valence-corrected chi connectivity index (χ1v) is 9.38. The number of carbonyl (C=O) groups is 1. The van der Waals surface area contributed by atoms with Crippen LogP contribution in [0, 0.1) is 0 Å². The topological polar surface area (TPSA) is 58.6 Å². The highest BCUT2D eigenvalue weighted by Gasteiger charge is 2.20. The van der Waals surface area contributed by atoms with Crippen LogP contribution >= 0.6 is 0 Å². The molecule has 0 spiro atoms. The number of benzene rings is 2. The predicted molar refractivity (Wildman–Crippen MR) is 109 cm³/mol. The van der Waals surface area contributed by atoms with E-state index in [0.29, 0.717) is 5.56 Å². The molecule has 0 amide bonds. The first-order valence-electron chi connectivity index (χ1n) is 9.38. The Balaban J connectivity index is 1.63. The third-order valence-corrected chi connectivity index (χ3v) is 5.12. The second kappa shape index (κ2) is 7.56. The average Bonchev–Trinajstić information content (AvgIpc) is 2.71. The number of rotatable bonds is 4. The number of hydrogen-bond acceptors (Lipinski definition) is 6. The van der Waals surface area contributed by atoms with Crippen LogP contribution in [0.25, 0.3) is 10.9 Å². The minimum Gasteiger partial charge on any atom is -0.465 e. The molecule has 0 bridgehead atoms. The lowest BCUT2D eigenvalue weighted by Crippen LogP contribution is -2.31. The third kappa shape index (κ3) is 3.55. The van der Waals surface area contributed by atoms with E-state index in [-0.39, 0.29) is 5.97 Å². The lowest BCUT2D eigenvalue weighted by atomic mass is 9.97. The summed E-state index contributed by atoms with van der Waals surface area (Å²) >= 11 is 0. The van der Waals surface area contributed by atoms with Crippen LogP contribution in [-0.2, 0) is 24.2 Å². The zero-order chi connectivity index (χ0) is 19.7. The molecule has 0 saturated carbocycles. The van der Waals surface area contributed by atoms with Crippen LogP contribution in [0.15, 0.2) is 42.7 Å². The number of ether oxygens (including phenoxy) is 1. The molecule has 1 aliphatic rings. The van der Waals surface area contributed by atoms with Crippen molar-refractivity contribution in [3.05, 3.63) is 65.0 Å². The van der Waals surface area contributed by atoms with Crippen LogP contribution < -0.4 is 4.90 Å². The Morgan fingerprint density at radius 1 is 1.14 bits per heavy atom. The molecule has 6 heteroatoms. The molecule has 0 N–H and O–H groups in total. The van der Waals surface area contributed by atoms with Gasteiger partial charge in [0.25, 0.3) is 0 Å². The number of carbonyl (C=O) groups excluding carboxylic acids is 1. The van der Waals surface area contributed by atoms with Gasteiger partial charge in [0.05, 0.1) is 18.2 Å². The van der Waals surface area contributed by atoms with Crippen molar-refractivity contribution in [1.29, 1.82) is 0 Å². The van der Waals surface area contributed by atoms with Gasteiger partial charge in [-0.05, 0) is 55.4 Å². The molecular weight excluding hydrogens is 352 g/mol. The summed E-state index contributed by atoms with van der Waals surface area (Å²) < 4.78 is 4.81. The fraction of sp³-hybridized carbons (Fsp3) is 0.318. The van der Waals surface area contributed by atoms with Gasteiger partial charge in [-0.25, -0.2) is 14.8 Å². The van der Waals surface area contributed by atoms with Crippen molar-refractivity contribution < 1.29 is 9.53 Å². The third-order valence-electron chi connectivity index (χ3n) is 5.12. The molecule has 0 aliphatic carbocycles. The maximum atomic E-state index is 11.8. The molecule has 2 aromatic carbocycles. The normalized spacial score (nSPS) is 13.6. The summed E-state index contributed by atoms with van der Waals surface area (Å²) in [6.45, 7) is 2.68. The maximum Gasteiger partial charge on any atom is 0.337 e. The van der Waals surface area contributed by atoms with Crippen molar-refractivity contribution in [2.75, 3.05) is 32.6 Å². The van der Waals surface area contributed by atoms with E-state index >= 15 is 0 Å². The number of nitrogens with zero attached hydrogens (tertiary/aromatic N) is 4. The van der Waals surface area contributed by atoms with E-state index in [1.54, 1.807) is 18.5 Å². The number of esters is 1. The van der Waals surface area contributed by atoms with Crippen LogP contribution in [0.4, 0.5) is 5.82 Å². The van der Waals surface area contributed by atoms with Crippen molar-refractivity contribution in [3.63, 3.8) is 0 Å². The van der Waals surface area contributed by atoms with Crippen molar-refractivity contribution in [3.8, 4) is 0 Å². The van der Waals surface area contributed by atoms with Gasteiger partial charge in [0, 0.05) is 25.0 Å². The van der Waals surface area contributed by atoms with Gasteiger partial charge in [0.15, 0.2) is 0 Å². The summed E-state index contributed by atoms with van der Waals surface area (Å²) in [6.07, 6.45) is 2.55. The molecule has 0 fully saturated rings. The SMILES string of the molecule is COC(=O)c1ccc2c(N3CCc4cc(CN(C)C)ccc4C3)ncnc2c1. The van der Waals surface area contributed by atoms with Crippen LogP contribution in [0.2, 0.25) is 0 Å². The highest BCUT2D eigenvalue weighted by molar-refractivity contribution is 5.97. The van der Waals surface area contributed by atoms with Crippen LogP contribution in [0.3, 0.4) is 0 Å². The monoisotopic (exact) mass is 376 g/mol. The van der Waals surface area contributed by atoms with Gasteiger partial charge >= 0.3 is 5.97 Å². The van der Waals surface area contributed by atoms with Gasteiger partial charge in [-0.15, -0.1) is 0 Å². The molecule has 3 aromatic rings. The average molecular weight is 376 g/mol. The summed E-state index contributed by atoms with van der Waals surface area (Å²) in [5.41, 5.74) is 5.35. The highest BCUT2D eigenvalue weighted by Crippen LogP contribution is 2.29. The zero-order valence-corrected chi connectivity index (χ0v) is 16.5. The summed E-state index contributed by atoms with van der Waals surface area (Å²) in [5, 5.41) is 0.947. The molecular formula is C22H24N4O2. The van der Waals surface area contributed by atoms with Gasteiger partial charge in [0.2, 0.25) is 0 Å². The summed E-state index contributed by atoms with van der Waals surface area (Å²) in [6, 6.07) is 12.2. The van der Waals surface area contributed by atoms with Gasteiger partial charge in [-0.1, -0.05) is 18.2 Å². The molecule has 0 unspecified atom stereocenters. The van der Waals surface area contributed by atoms with Crippen molar-refractivity contribution in [1.82, 2.24) is 14.9 Å². The van der Waals surface area contributed by atoms with Gasteiger partial charge in [0.1, 0.15) is 12.1 Å². The van der Waals surface area contributed by atoms with Gasteiger partial charge < -0.3 is 14.5 Å². The standard InChI is InChI=1S/C22H24N4O2/c1-25(2)12-15-4-5-18-13-26(9-8-16(18)10-15)21-19-7-6-17(22(27)28-3)11-20(19)23-14-24-21/h4-7,10-11,14H,8-9,12-13H2,1-3H3. The fourth-order valence-corrected chi connectivity index (χ4v) is 3.79. The molecule has 28 heavy (non-hydrogen) atoms. The number of hydrogen-bond donors (Lipinski definition) is 0. The number of fused-ring (bicyclic) bond motifs is 2. The quantitative estimate of drug-likeness (QED) is 0.653. The maximum absolute atomic E-state index is 11.8. The summed E-state index contributed by atoms with van der Waals surface area (Å²) in [4.78, 5) is 25.2. The van der Waals surface area contributed by atoms with E-state index in [1.165, 1.54) is 23.8 Å². The molecule has 6 nitrogen and oxygen atoms in total. The van der Waals surface area contributed by atoms with Gasteiger partial charge in [-0.3, -0.25) is 0 Å². The molecule has 0 atom stereocenters. The van der Waals surface area contributed by atoms with Crippen molar-refractivity contribution in [2.24, 2.45) is 0 Å². The van der Waals surface area contributed by atoms with Gasteiger partial charge in [-0.2, -0.15) is 0 Å². The molecule has 144 valence electrons. The Hall–Kier alpha value is -2.99. The fourth-order valence-electron chi connectivity index (χ4n) is 3.79. The Bertz CT molecular complexity index is 1030. The molecule has 1 aliphatic heterocycles. The first-order chi connectivity index (χ1) is 13.5. The van der Waals surface area contributed by atoms with Crippen molar-refractivity contribution in [2.45, 2.75) is 19.5 Å². The highest BCUT2D eigenvalue weighted by atomic mass is 16.5. The smallest absolute Gasteiger partial charge is 0.337 e. The van der Waals surface area contributed by atoms with Crippen LogP contribution in [0.5, 0.6) is 0 Å². The number of methoxy groups -OCH3 is 1. The Morgan fingerprint density at radius 2 is 2.00 bits per heavy atom.